The standard InChI is InChI=1S/C12H18N2O3S2/c1-3-14(5-4-12(16)17)11(15)8-18-6-10-7-19-9(2)13-10/h7H,3-6,8H2,1-2H3,(H,16,17). The summed E-state index contributed by atoms with van der Waals surface area (Å²) in [6.45, 7) is 4.63. The summed E-state index contributed by atoms with van der Waals surface area (Å²) in [5.41, 5.74) is 0.994. The first kappa shape index (κ1) is 16.0. The van der Waals surface area contributed by atoms with Gasteiger partial charge in [-0.15, -0.1) is 23.1 Å². The minimum absolute atomic E-state index is 0.00444. The van der Waals surface area contributed by atoms with Gasteiger partial charge in [0, 0.05) is 24.2 Å². The Kier molecular flexibility index (Phi) is 6.86. The summed E-state index contributed by atoms with van der Waals surface area (Å²) in [4.78, 5) is 28.3. The van der Waals surface area contributed by atoms with Crippen molar-refractivity contribution in [1.29, 1.82) is 0 Å². The van der Waals surface area contributed by atoms with E-state index >= 15 is 0 Å². The number of hydrogen-bond acceptors (Lipinski definition) is 5. The van der Waals surface area contributed by atoms with Crippen LogP contribution < -0.4 is 0 Å². The zero-order chi connectivity index (χ0) is 14.3. The lowest BCUT2D eigenvalue weighted by molar-refractivity contribution is -0.138. The molecular formula is C12H18N2O3S2. The smallest absolute Gasteiger partial charge is 0.305 e. The minimum atomic E-state index is -0.878. The fourth-order valence-electron chi connectivity index (χ4n) is 1.50. The molecule has 0 saturated heterocycles. The van der Waals surface area contributed by atoms with Crippen molar-refractivity contribution in [3.05, 3.63) is 16.1 Å². The van der Waals surface area contributed by atoms with Crippen LogP contribution in [-0.2, 0) is 15.3 Å². The average molecular weight is 302 g/mol. The van der Waals surface area contributed by atoms with E-state index in [1.807, 2.05) is 19.2 Å². The van der Waals surface area contributed by atoms with Gasteiger partial charge in [0.05, 0.1) is 22.9 Å². The highest BCUT2D eigenvalue weighted by molar-refractivity contribution is 7.99. The molecule has 0 unspecified atom stereocenters. The van der Waals surface area contributed by atoms with Crippen molar-refractivity contribution in [2.24, 2.45) is 0 Å². The first-order valence-electron chi connectivity index (χ1n) is 6.01. The first-order valence-corrected chi connectivity index (χ1v) is 8.04. The maximum atomic E-state index is 11.9. The molecule has 0 aliphatic rings. The fourth-order valence-corrected chi connectivity index (χ4v) is 3.03. The number of rotatable bonds is 8. The highest BCUT2D eigenvalue weighted by Gasteiger charge is 2.13. The van der Waals surface area contributed by atoms with Gasteiger partial charge >= 0.3 is 5.97 Å². The summed E-state index contributed by atoms with van der Waals surface area (Å²) in [6.07, 6.45) is -0.00444. The molecule has 1 N–H and O–H groups in total. The van der Waals surface area contributed by atoms with Crippen LogP contribution >= 0.6 is 23.1 Å². The molecule has 1 heterocycles. The van der Waals surface area contributed by atoms with Crippen LogP contribution in [0.5, 0.6) is 0 Å². The molecule has 5 nitrogen and oxygen atoms in total. The number of aliphatic carboxylic acids is 1. The molecule has 7 heteroatoms. The molecule has 0 aliphatic carbocycles. The summed E-state index contributed by atoms with van der Waals surface area (Å²) in [6, 6.07) is 0. The van der Waals surface area contributed by atoms with Gasteiger partial charge in [-0.1, -0.05) is 0 Å². The average Bonchev–Trinajstić information content (AvgIpc) is 2.75. The second kappa shape index (κ2) is 8.16. The Hall–Kier alpha value is -1.08. The lowest BCUT2D eigenvalue weighted by Gasteiger charge is -2.19. The molecule has 0 aromatic carbocycles. The van der Waals surface area contributed by atoms with Crippen molar-refractivity contribution in [2.45, 2.75) is 26.0 Å². The van der Waals surface area contributed by atoms with Gasteiger partial charge in [-0.3, -0.25) is 9.59 Å². The molecule has 1 rings (SSSR count). The quantitative estimate of drug-likeness (QED) is 0.795. The van der Waals surface area contributed by atoms with E-state index < -0.39 is 5.97 Å². The van der Waals surface area contributed by atoms with Crippen molar-refractivity contribution in [1.82, 2.24) is 9.88 Å². The Bertz CT molecular complexity index is 434. The predicted octanol–water partition coefficient (Wildman–Crippen LogP) is 2.01. The maximum Gasteiger partial charge on any atom is 0.305 e. The van der Waals surface area contributed by atoms with E-state index in [0.717, 1.165) is 10.7 Å². The lowest BCUT2D eigenvalue weighted by Crippen LogP contribution is -2.34. The Morgan fingerprint density at radius 2 is 2.26 bits per heavy atom. The second-order valence-electron chi connectivity index (χ2n) is 3.97. The van der Waals surface area contributed by atoms with E-state index in [2.05, 4.69) is 4.98 Å². The number of aryl methyl sites for hydroxylation is 1. The number of hydrogen-bond donors (Lipinski definition) is 1. The molecule has 0 saturated carbocycles. The van der Waals surface area contributed by atoms with Crippen molar-refractivity contribution >= 4 is 35.0 Å². The van der Waals surface area contributed by atoms with Crippen LogP contribution in [0.3, 0.4) is 0 Å². The van der Waals surface area contributed by atoms with E-state index in [1.165, 1.54) is 11.8 Å². The Balaban J connectivity index is 2.30. The Morgan fingerprint density at radius 3 is 2.79 bits per heavy atom. The predicted molar refractivity (Wildman–Crippen MR) is 77.5 cm³/mol. The third-order valence-electron chi connectivity index (χ3n) is 2.47. The van der Waals surface area contributed by atoms with Gasteiger partial charge in [0.25, 0.3) is 0 Å². The summed E-state index contributed by atoms with van der Waals surface area (Å²) >= 11 is 3.11. The molecular weight excluding hydrogens is 284 g/mol. The van der Waals surface area contributed by atoms with Crippen LogP contribution in [0.2, 0.25) is 0 Å². The summed E-state index contributed by atoms with van der Waals surface area (Å²) in [5, 5.41) is 11.6. The van der Waals surface area contributed by atoms with Crippen LogP contribution in [0, 0.1) is 6.92 Å². The van der Waals surface area contributed by atoms with Crippen LogP contribution in [0.15, 0.2) is 5.38 Å². The number of carboxylic acid groups (broad SMARTS) is 1. The number of thioether (sulfide) groups is 1. The molecule has 1 amide bonds. The molecule has 0 fully saturated rings. The van der Waals surface area contributed by atoms with Gasteiger partial charge < -0.3 is 10.0 Å². The van der Waals surface area contributed by atoms with Gasteiger partial charge in [-0.2, -0.15) is 0 Å². The Labute approximate surface area is 121 Å². The van der Waals surface area contributed by atoms with Crippen LogP contribution in [0.4, 0.5) is 0 Å². The zero-order valence-corrected chi connectivity index (χ0v) is 12.7. The van der Waals surface area contributed by atoms with Crippen molar-refractivity contribution < 1.29 is 14.7 Å². The summed E-state index contributed by atoms with van der Waals surface area (Å²) in [7, 11) is 0. The van der Waals surface area contributed by atoms with E-state index in [-0.39, 0.29) is 18.9 Å². The lowest BCUT2D eigenvalue weighted by atomic mass is 10.4. The molecule has 0 spiro atoms. The Morgan fingerprint density at radius 1 is 1.53 bits per heavy atom. The molecule has 1 aromatic heterocycles. The number of thiazole rings is 1. The van der Waals surface area contributed by atoms with E-state index in [4.69, 9.17) is 5.11 Å². The number of carboxylic acids is 1. The number of carbonyl (C=O) groups is 2. The number of carbonyl (C=O) groups excluding carboxylic acids is 1. The minimum Gasteiger partial charge on any atom is -0.481 e. The third kappa shape index (κ3) is 6.07. The molecule has 0 radical (unpaired) electrons. The monoisotopic (exact) mass is 302 g/mol. The van der Waals surface area contributed by atoms with Gasteiger partial charge in [0.2, 0.25) is 5.91 Å². The van der Waals surface area contributed by atoms with Crippen molar-refractivity contribution in [2.75, 3.05) is 18.8 Å². The molecule has 1 aromatic rings. The molecule has 106 valence electrons. The van der Waals surface area contributed by atoms with Crippen molar-refractivity contribution in [3.63, 3.8) is 0 Å². The van der Waals surface area contributed by atoms with Gasteiger partial charge in [0.1, 0.15) is 0 Å². The molecule has 19 heavy (non-hydrogen) atoms. The SMILES string of the molecule is CCN(CCC(=O)O)C(=O)CSCc1csc(C)n1. The highest BCUT2D eigenvalue weighted by atomic mass is 32.2. The second-order valence-corrected chi connectivity index (χ2v) is 6.02. The first-order chi connectivity index (χ1) is 9.02. The number of aromatic nitrogens is 1. The fraction of sp³-hybridized carbons (Fsp3) is 0.583. The van der Waals surface area contributed by atoms with Gasteiger partial charge in [-0.25, -0.2) is 4.98 Å². The van der Waals surface area contributed by atoms with E-state index in [0.29, 0.717) is 18.1 Å². The molecule has 0 aliphatic heterocycles. The highest BCUT2D eigenvalue weighted by Crippen LogP contribution is 2.15. The van der Waals surface area contributed by atoms with Crippen molar-refractivity contribution in [3.8, 4) is 0 Å². The van der Waals surface area contributed by atoms with Crippen LogP contribution in [0.25, 0.3) is 0 Å². The summed E-state index contributed by atoms with van der Waals surface area (Å²) in [5.74, 6) is 0.189. The van der Waals surface area contributed by atoms with Crippen LogP contribution in [-0.4, -0.2) is 45.7 Å². The molecule has 0 bridgehead atoms. The normalized spacial score (nSPS) is 10.4. The van der Waals surface area contributed by atoms with Gasteiger partial charge in [-0.05, 0) is 13.8 Å². The zero-order valence-electron chi connectivity index (χ0n) is 11.1. The number of amides is 1. The number of nitrogens with zero attached hydrogens (tertiary/aromatic N) is 2. The maximum absolute atomic E-state index is 11.9. The van der Waals surface area contributed by atoms with Gasteiger partial charge in [0.15, 0.2) is 0 Å². The topological polar surface area (TPSA) is 70.5 Å². The summed E-state index contributed by atoms with van der Waals surface area (Å²) < 4.78 is 0. The van der Waals surface area contributed by atoms with Crippen LogP contribution in [0.1, 0.15) is 24.0 Å². The third-order valence-corrected chi connectivity index (χ3v) is 4.25. The molecule has 0 atom stereocenters. The van der Waals surface area contributed by atoms with E-state index in [1.54, 1.807) is 16.2 Å². The largest absolute Gasteiger partial charge is 0.481 e. The van der Waals surface area contributed by atoms with E-state index in [9.17, 15) is 9.59 Å².